The molecule has 2 saturated heterocycles. The van der Waals surface area contributed by atoms with E-state index in [0.717, 1.165) is 25.3 Å². The van der Waals surface area contributed by atoms with Gasteiger partial charge in [-0.3, -0.25) is 4.79 Å². The lowest BCUT2D eigenvalue weighted by atomic mass is 9.90. The molecule has 1 aromatic carbocycles. The van der Waals surface area contributed by atoms with Crippen LogP contribution in [0.1, 0.15) is 19.3 Å². The molecule has 2 aliphatic heterocycles. The van der Waals surface area contributed by atoms with Crippen molar-refractivity contribution in [3.63, 3.8) is 0 Å². The van der Waals surface area contributed by atoms with E-state index in [0.29, 0.717) is 38.5 Å². The van der Waals surface area contributed by atoms with E-state index >= 15 is 0 Å². The number of nitrogens with two attached hydrogens (primary N) is 1. The normalized spacial score (nSPS) is 21.3. The minimum Gasteiger partial charge on any atom is -0.497 e. The van der Waals surface area contributed by atoms with Crippen LogP contribution in [0.2, 0.25) is 0 Å². The maximum absolute atomic E-state index is 12.4. The van der Waals surface area contributed by atoms with Crippen LogP contribution in [0.5, 0.6) is 5.75 Å². The van der Waals surface area contributed by atoms with Crippen LogP contribution < -0.4 is 20.7 Å². The molecule has 148 valence electrons. The quantitative estimate of drug-likeness (QED) is 0.782. The molecule has 0 radical (unpaired) electrons. The first kappa shape index (κ1) is 22.8. The predicted molar refractivity (Wildman–Crippen MR) is 108 cm³/mol. The number of rotatable bonds is 5. The van der Waals surface area contributed by atoms with E-state index in [1.807, 2.05) is 12.1 Å². The van der Waals surface area contributed by atoms with E-state index in [1.54, 1.807) is 7.11 Å². The van der Waals surface area contributed by atoms with E-state index in [4.69, 9.17) is 15.2 Å². The average Bonchev–Trinajstić information content (AvgIpc) is 3.09. The average molecular weight is 406 g/mol. The number of carbonyl (C=O) groups is 1. The summed E-state index contributed by atoms with van der Waals surface area (Å²) in [5, 5.41) is 3.06. The Morgan fingerprint density at radius 1 is 1.38 bits per heavy atom. The zero-order chi connectivity index (χ0) is 17.0. The highest BCUT2D eigenvalue weighted by Crippen LogP contribution is 2.27. The highest BCUT2D eigenvalue weighted by molar-refractivity contribution is 5.86. The third kappa shape index (κ3) is 5.39. The first-order valence-electron chi connectivity index (χ1n) is 8.65. The van der Waals surface area contributed by atoms with Crippen molar-refractivity contribution in [1.29, 1.82) is 0 Å². The molecule has 1 unspecified atom stereocenters. The Labute approximate surface area is 167 Å². The van der Waals surface area contributed by atoms with E-state index in [9.17, 15) is 4.79 Å². The molecule has 6 nitrogen and oxygen atoms in total. The maximum atomic E-state index is 12.4. The van der Waals surface area contributed by atoms with Gasteiger partial charge in [0.2, 0.25) is 5.91 Å². The van der Waals surface area contributed by atoms with Crippen molar-refractivity contribution in [2.24, 2.45) is 11.7 Å². The topological polar surface area (TPSA) is 76.8 Å². The van der Waals surface area contributed by atoms with E-state index in [-0.39, 0.29) is 30.7 Å². The first-order chi connectivity index (χ1) is 11.6. The molecule has 1 aromatic rings. The minimum absolute atomic E-state index is 0. The summed E-state index contributed by atoms with van der Waals surface area (Å²) in [6.07, 6.45) is 2.26. The Hall–Kier alpha value is -1.21. The fourth-order valence-corrected chi connectivity index (χ4v) is 3.42. The van der Waals surface area contributed by atoms with Crippen molar-refractivity contribution in [1.82, 2.24) is 5.32 Å². The third-order valence-corrected chi connectivity index (χ3v) is 5.09. The number of benzene rings is 1. The summed E-state index contributed by atoms with van der Waals surface area (Å²) >= 11 is 0. The lowest BCUT2D eigenvalue weighted by Crippen LogP contribution is -2.57. The van der Waals surface area contributed by atoms with Gasteiger partial charge in [-0.15, -0.1) is 24.8 Å². The molecule has 0 saturated carbocycles. The summed E-state index contributed by atoms with van der Waals surface area (Å²) < 4.78 is 10.6. The number of ether oxygens (including phenoxy) is 2. The van der Waals surface area contributed by atoms with Gasteiger partial charge < -0.3 is 25.4 Å². The van der Waals surface area contributed by atoms with Crippen molar-refractivity contribution in [2.75, 3.05) is 44.9 Å². The predicted octanol–water partition coefficient (Wildman–Crippen LogP) is 1.99. The van der Waals surface area contributed by atoms with Crippen LogP contribution >= 0.6 is 24.8 Å². The SMILES string of the molecule is COc1cccc(N2CCC(CNC(=O)C3(N)CCOCC3)C2)c1.Cl.Cl. The second-order valence-corrected chi connectivity index (χ2v) is 6.78. The van der Waals surface area contributed by atoms with E-state index in [2.05, 4.69) is 22.3 Å². The zero-order valence-electron chi connectivity index (χ0n) is 15.1. The third-order valence-electron chi connectivity index (χ3n) is 5.09. The van der Waals surface area contributed by atoms with Gasteiger partial charge in [0.1, 0.15) is 5.75 Å². The number of methoxy groups -OCH3 is 1. The standard InChI is InChI=1S/C18H27N3O3.2ClH/c1-23-16-4-2-3-15(11-16)21-8-5-14(13-21)12-20-17(22)18(19)6-9-24-10-7-18;;/h2-4,11,14H,5-10,12-13,19H2,1H3,(H,20,22);2*1H. The molecule has 0 aliphatic carbocycles. The number of nitrogens with one attached hydrogen (secondary N) is 1. The molecule has 2 heterocycles. The summed E-state index contributed by atoms with van der Waals surface area (Å²) in [4.78, 5) is 14.7. The molecule has 3 rings (SSSR count). The Morgan fingerprint density at radius 3 is 2.81 bits per heavy atom. The molecular weight excluding hydrogens is 377 g/mol. The molecule has 0 bridgehead atoms. The monoisotopic (exact) mass is 405 g/mol. The molecule has 8 heteroatoms. The maximum Gasteiger partial charge on any atom is 0.240 e. The molecular formula is C18H29Cl2N3O3. The Bertz CT molecular complexity index is 583. The van der Waals surface area contributed by atoms with Gasteiger partial charge in [0.05, 0.1) is 12.6 Å². The van der Waals surface area contributed by atoms with Crippen molar-refractivity contribution >= 4 is 36.4 Å². The van der Waals surface area contributed by atoms with Gasteiger partial charge in [0.15, 0.2) is 0 Å². The lowest BCUT2D eigenvalue weighted by Gasteiger charge is -2.32. The van der Waals surface area contributed by atoms with Crippen molar-refractivity contribution in [3.05, 3.63) is 24.3 Å². The van der Waals surface area contributed by atoms with Gasteiger partial charge in [0, 0.05) is 44.6 Å². The van der Waals surface area contributed by atoms with Crippen molar-refractivity contribution < 1.29 is 14.3 Å². The van der Waals surface area contributed by atoms with Crippen LogP contribution in [-0.2, 0) is 9.53 Å². The van der Waals surface area contributed by atoms with Gasteiger partial charge in [0.25, 0.3) is 0 Å². The summed E-state index contributed by atoms with van der Waals surface area (Å²) in [5.74, 6) is 1.28. The van der Waals surface area contributed by atoms with Crippen LogP contribution in [0.3, 0.4) is 0 Å². The fraction of sp³-hybridized carbons (Fsp3) is 0.611. The highest BCUT2D eigenvalue weighted by Gasteiger charge is 2.36. The van der Waals surface area contributed by atoms with Crippen LogP contribution in [0, 0.1) is 5.92 Å². The number of nitrogens with zero attached hydrogens (tertiary/aromatic N) is 1. The molecule has 1 amide bonds. The second kappa shape index (κ2) is 10.2. The van der Waals surface area contributed by atoms with E-state index < -0.39 is 5.54 Å². The van der Waals surface area contributed by atoms with Crippen LogP contribution in [-0.4, -0.2) is 51.4 Å². The van der Waals surface area contributed by atoms with Crippen molar-refractivity contribution in [2.45, 2.75) is 24.8 Å². The van der Waals surface area contributed by atoms with E-state index in [1.165, 1.54) is 5.69 Å². The number of amides is 1. The van der Waals surface area contributed by atoms with Gasteiger partial charge in [-0.1, -0.05) is 6.07 Å². The molecule has 3 N–H and O–H groups in total. The van der Waals surface area contributed by atoms with Gasteiger partial charge in [-0.2, -0.15) is 0 Å². The number of hydrogen-bond donors (Lipinski definition) is 2. The Balaban J connectivity index is 0.00000169. The second-order valence-electron chi connectivity index (χ2n) is 6.78. The smallest absolute Gasteiger partial charge is 0.240 e. The molecule has 1 atom stereocenters. The number of hydrogen-bond acceptors (Lipinski definition) is 5. The number of anilines is 1. The molecule has 0 spiro atoms. The van der Waals surface area contributed by atoms with Gasteiger partial charge in [-0.25, -0.2) is 0 Å². The summed E-state index contributed by atoms with van der Waals surface area (Å²) in [6.45, 7) is 3.75. The minimum atomic E-state index is -0.761. The number of carbonyl (C=O) groups excluding carboxylic acids is 1. The van der Waals surface area contributed by atoms with Crippen LogP contribution in [0.4, 0.5) is 5.69 Å². The van der Waals surface area contributed by atoms with Gasteiger partial charge in [-0.05, 0) is 37.3 Å². The fourth-order valence-electron chi connectivity index (χ4n) is 3.42. The van der Waals surface area contributed by atoms with Crippen LogP contribution in [0.15, 0.2) is 24.3 Å². The summed E-state index contributed by atoms with van der Waals surface area (Å²) in [7, 11) is 1.68. The first-order valence-corrected chi connectivity index (χ1v) is 8.65. The Kier molecular flexibility index (Phi) is 8.96. The van der Waals surface area contributed by atoms with Crippen LogP contribution in [0.25, 0.3) is 0 Å². The van der Waals surface area contributed by atoms with Crippen molar-refractivity contribution in [3.8, 4) is 5.75 Å². The highest BCUT2D eigenvalue weighted by atomic mass is 35.5. The summed E-state index contributed by atoms with van der Waals surface area (Å²) in [5.41, 5.74) is 6.63. The lowest BCUT2D eigenvalue weighted by molar-refractivity contribution is -0.129. The largest absolute Gasteiger partial charge is 0.497 e. The number of halogens is 2. The molecule has 2 fully saturated rings. The van der Waals surface area contributed by atoms with Gasteiger partial charge >= 0.3 is 0 Å². The zero-order valence-corrected chi connectivity index (χ0v) is 16.7. The Morgan fingerprint density at radius 2 is 2.12 bits per heavy atom. The molecule has 0 aromatic heterocycles. The molecule has 2 aliphatic rings. The molecule has 26 heavy (non-hydrogen) atoms. The summed E-state index contributed by atoms with van der Waals surface area (Å²) in [6, 6.07) is 8.11.